The molecule has 38 heavy (non-hydrogen) atoms. The Kier molecular flexibility index (Phi) is 11.1. The molecule has 3 rings (SSSR count). The van der Waals surface area contributed by atoms with Gasteiger partial charge in [0.25, 0.3) is 11.8 Å². The van der Waals surface area contributed by atoms with E-state index in [0.717, 1.165) is 11.1 Å². The molecule has 3 aromatic carbocycles. The molecular weight excluding hydrogens is 488 g/mol. The van der Waals surface area contributed by atoms with Crippen LogP contribution in [0.25, 0.3) is 11.1 Å². The van der Waals surface area contributed by atoms with Crippen LogP contribution in [0.5, 0.6) is 11.5 Å². The number of nitrogens with two attached hydrogens (primary N) is 2. The first-order valence-corrected chi connectivity index (χ1v) is 12.1. The van der Waals surface area contributed by atoms with E-state index in [1.165, 1.54) is 6.07 Å². The molecule has 0 bridgehead atoms. The lowest BCUT2D eigenvalue weighted by Crippen LogP contribution is -2.32. The molecule has 0 saturated carbocycles. The van der Waals surface area contributed by atoms with Crippen LogP contribution in [0.1, 0.15) is 15.9 Å². The average molecular weight is 521 g/mol. The molecule has 0 heterocycles. The summed E-state index contributed by atoms with van der Waals surface area (Å²) in [5, 5.41) is 5.27. The Balaban J connectivity index is 1.75. The number of hydrogen-bond donors (Lipinski definition) is 4. The SMILES string of the molecule is NCCNC(=O)COc1ccc(-c2cc(OCC(=O)NCCN)cc(C(=O)OCc3ccccc3)c2)cc1. The Morgan fingerprint density at radius 2 is 1.29 bits per heavy atom. The number of esters is 1. The zero-order chi connectivity index (χ0) is 27.2. The lowest BCUT2D eigenvalue weighted by atomic mass is 10.0. The predicted molar refractivity (Wildman–Crippen MR) is 143 cm³/mol. The lowest BCUT2D eigenvalue weighted by molar-refractivity contribution is -0.123. The van der Waals surface area contributed by atoms with E-state index in [1.807, 2.05) is 30.3 Å². The van der Waals surface area contributed by atoms with Crippen LogP contribution in [0, 0.1) is 0 Å². The molecule has 0 unspecified atom stereocenters. The molecule has 3 aromatic rings. The van der Waals surface area contributed by atoms with Crippen LogP contribution < -0.4 is 31.6 Å². The van der Waals surface area contributed by atoms with Gasteiger partial charge in [0.05, 0.1) is 5.56 Å². The second-order valence-electron chi connectivity index (χ2n) is 8.19. The van der Waals surface area contributed by atoms with Crippen LogP contribution in [-0.2, 0) is 20.9 Å². The van der Waals surface area contributed by atoms with Crippen molar-refractivity contribution in [3.05, 3.63) is 83.9 Å². The smallest absolute Gasteiger partial charge is 0.338 e. The molecule has 0 atom stereocenters. The maximum Gasteiger partial charge on any atom is 0.338 e. The molecule has 6 N–H and O–H groups in total. The van der Waals surface area contributed by atoms with Gasteiger partial charge in [0, 0.05) is 26.2 Å². The summed E-state index contributed by atoms with van der Waals surface area (Å²) in [6.45, 7) is 1.13. The summed E-state index contributed by atoms with van der Waals surface area (Å²) >= 11 is 0. The maximum atomic E-state index is 12.9. The van der Waals surface area contributed by atoms with Crippen LogP contribution in [0.15, 0.2) is 72.8 Å². The predicted octanol–water partition coefficient (Wildman–Crippen LogP) is 1.62. The normalized spacial score (nSPS) is 10.4. The number of rotatable bonds is 14. The Morgan fingerprint density at radius 1 is 0.684 bits per heavy atom. The second-order valence-corrected chi connectivity index (χ2v) is 8.19. The van der Waals surface area contributed by atoms with Gasteiger partial charge < -0.3 is 36.3 Å². The summed E-state index contributed by atoms with van der Waals surface area (Å²) in [5.41, 5.74) is 13.4. The van der Waals surface area contributed by atoms with Crippen molar-refractivity contribution in [1.82, 2.24) is 10.6 Å². The summed E-state index contributed by atoms with van der Waals surface area (Å²) in [4.78, 5) is 36.6. The molecule has 10 heteroatoms. The third kappa shape index (κ3) is 9.23. The molecular formula is C28H32N4O6. The number of amides is 2. The van der Waals surface area contributed by atoms with Gasteiger partial charge in [-0.2, -0.15) is 0 Å². The van der Waals surface area contributed by atoms with Gasteiger partial charge in [-0.3, -0.25) is 9.59 Å². The zero-order valence-corrected chi connectivity index (χ0v) is 21.0. The van der Waals surface area contributed by atoms with Crippen molar-refractivity contribution in [3.63, 3.8) is 0 Å². The van der Waals surface area contributed by atoms with Crippen molar-refractivity contribution in [1.29, 1.82) is 0 Å². The first-order valence-electron chi connectivity index (χ1n) is 12.1. The van der Waals surface area contributed by atoms with Crippen molar-refractivity contribution in [2.75, 3.05) is 39.4 Å². The quantitative estimate of drug-likeness (QED) is 0.234. The minimum absolute atomic E-state index is 0.118. The topological polar surface area (TPSA) is 155 Å². The molecule has 0 saturated heterocycles. The van der Waals surface area contributed by atoms with Gasteiger partial charge in [0.15, 0.2) is 13.2 Å². The standard InChI is InChI=1S/C28H32N4O6/c29-10-12-31-26(33)18-36-24-8-6-21(7-9-24)22-14-23(28(35)38-17-20-4-2-1-3-5-20)16-25(15-22)37-19-27(34)32-13-11-30/h1-9,14-16H,10-13,17-19,29-30H2,(H,31,33)(H,32,34). The second kappa shape index (κ2) is 15.0. The van der Waals surface area contributed by atoms with Crippen molar-refractivity contribution in [2.24, 2.45) is 11.5 Å². The number of ether oxygens (including phenoxy) is 3. The van der Waals surface area contributed by atoms with Gasteiger partial charge in [-0.25, -0.2) is 4.79 Å². The van der Waals surface area contributed by atoms with Gasteiger partial charge in [-0.05, 0) is 47.0 Å². The summed E-state index contributed by atoms with van der Waals surface area (Å²) in [5.74, 6) is -0.293. The van der Waals surface area contributed by atoms with Crippen LogP contribution in [0.4, 0.5) is 0 Å². The molecule has 0 aromatic heterocycles. The Bertz CT molecular complexity index is 1200. The van der Waals surface area contributed by atoms with Gasteiger partial charge in [-0.1, -0.05) is 42.5 Å². The fourth-order valence-corrected chi connectivity index (χ4v) is 3.34. The highest BCUT2D eigenvalue weighted by Gasteiger charge is 2.14. The highest BCUT2D eigenvalue weighted by atomic mass is 16.5. The van der Waals surface area contributed by atoms with Crippen molar-refractivity contribution >= 4 is 17.8 Å². The number of hydrogen-bond acceptors (Lipinski definition) is 8. The van der Waals surface area contributed by atoms with E-state index < -0.39 is 5.97 Å². The molecule has 0 radical (unpaired) electrons. The first kappa shape index (κ1) is 28.2. The maximum absolute atomic E-state index is 12.9. The molecule has 0 aliphatic carbocycles. The Labute approximate surface area is 221 Å². The largest absolute Gasteiger partial charge is 0.484 e. The number of carbonyl (C=O) groups excluding carboxylic acids is 3. The van der Waals surface area contributed by atoms with Crippen LogP contribution in [0.3, 0.4) is 0 Å². The highest BCUT2D eigenvalue weighted by molar-refractivity contribution is 5.92. The fraction of sp³-hybridized carbons (Fsp3) is 0.250. The van der Waals surface area contributed by atoms with E-state index in [-0.39, 0.29) is 37.2 Å². The van der Waals surface area contributed by atoms with Gasteiger partial charge >= 0.3 is 5.97 Å². The molecule has 10 nitrogen and oxygen atoms in total. The van der Waals surface area contributed by atoms with E-state index in [9.17, 15) is 14.4 Å². The van der Waals surface area contributed by atoms with Gasteiger partial charge in [0.2, 0.25) is 0 Å². The van der Waals surface area contributed by atoms with Gasteiger partial charge in [-0.15, -0.1) is 0 Å². The van der Waals surface area contributed by atoms with Gasteiger partial charge in [0.1, 0.15) is 18.1 Å². The third-order valence-corrected chi connectivity index (χ3v) is 5.22. The minimum atomic E-state index is -0.531. The number of benzene rings is 3. The molecule has 0 spiro atoms. The van der Waals surface area contributed by atoms with E-state index in [4.69, 9.17) is 25.7 Å². The molecule has 2 amide bonds. The van der Waals surface area contributed by atoms with E-state index >= 15 is 0 Å². The average Bonchev–Trinajstić information content (AvgIpc) is 2.96. The molecule has 0 aliphatic heterocycles. The summed E-state index contributed by atoms with van der Waals surface area (Å²) in [7, 11) is 0. The molecule has 0 fully saturated rings. The van der Waals surface area contributed by atoms with E-state index in [1.54, 1.807) is 36.4 Å². The zero-order valence-electron chi connectivity index (χ0n) is 21.0. The van der Waals surface area contributed by atoms with E-state index in [0.29, 0.717) is 43.2 Å². The minimum Gasteiger partial charge on any atom is -0.484 e. The fourth-order valence-electron chi connectivity index (χ4n) is 3.34. The van der Waals surface area contributed by atoms with Crippen LogP contribution in [0.2, 0.25) is 0 Å². The van der Waals surface area contributed by atoms with Crippen molar-refractivity contribution in [2.45, 2.75) is 6.61 Å². The highest BCUT2D eigenvalue weighted by Crippen LogP contribution is 2.28. The first-order chi connectivity index (χ1) is 18.5. The summed E-state index contributed by atoms with van der Waals surface area (Å²) in [6, 6.07) is 21.3. The molecule has 200 valence electrons. The molecule has 0 aliphatic rings. The number of carbonyl (C=O) groups is 3. The van der Waals surface area contributed by atoms with Crippen LogP contribution >= 0.6 is 0 Å². The third-order valence-electron chi connectivity index (χ3n) is 5.22. The monoisotopic (exact) mass is 520 g/mol. The van der Waals surface area contributed by atoms with E-state index in [2.05, 4.69) is 10.6 Å². The Hall–Kier alpha value is -4.41. The number of nitrogens with one attached hydrogen (secondary N) is 2. The van der Waals surface area contributed by atoms with Crippen LogP contribution in [-0.4, -0.2) is 57.2 Å². The Morgan fingerprint density at radius 3 is 1.89 bits per heavy atom. The van der Waals surface area contributed by atoms with Crippen molar-refractivity contribution < 1.29 is 28.6 Å². The summed E-state index contributed by atoms with van der Waals surface area (Å²) in [6.07, 6.45) is 0. The lowest BCUT2D eigenvalue weighted by Gasteiger charge is -2.12. The summed E-state index contributed by atoms with van der Waals surface area (Å²) < 4.78 is 16.7. The van der Waals surface area contributed by atoms with Crippen molar-refractivity contribution in [3.8, 4) is 22.6 Å².